The summed E-state index contributed by atoms with van der Waals surface area (Å²) in [7, 11) is 0. The molecule has 0 bridgehead atoms. The van der Waals surface area contributed by atoms with Gasteiger partial charge in [0, 0.05) is 11.8 Å². The first-order valence-corrected chi connectivity index (χ1v) is 5.45. The first kappa shape index (κ1) is 12.2. The van der Waals surface area contributed by atoms with Crippen LogP contribution in [-0.2, 0) is 0 Å². The molecule has 0 spiro atoms. The number of aromatic nitrogens is 1. The maximum absolute atomic E-state index is 11.9. The third kappa shape index (κ3) is 2.70. The summed E-state index contributed by atoms with van der Waals surface area (Å²) in [6.45, 7) is 0. The Balaban J connectivity index is 2.19. The van der Waals surface area contributed by atoms with Gasteiger partial charge >= 0.3 is 0 Å². The fourth-order valence-corrected chi connectivity index (χ4v) is 1.52. The van der Waals surface area contributed by atoms with Crippen LogP contribution in [0.2, 0.25) is 5.15 Å². The number of pyridine rings is 1. The van der Waals surface area contributed by atoms with Gasteiger partial charge in [-0.05, 0) is 24.3 Å². The van der Waals surface area contributed by atoms with E-state index < -0.39 is 0 Å². The van der Waals surface area contributed by atoms with Crippen LogP contribution in [0.3, 0.4) is 0 Å². The number of carbonyl (C=O) groups excluding carboxylic acids is 1. The highest BCUT2D eigenvalue weighted by atomic mass is 35.5. The van der Waals surface area contributed by atoms with Gasteiger partial charge in [-0.15, -0.1) is 0 Å². The summed E-state index contributed by atoms with van der Waals surface area (Å²) in [4.78, 5) is 15.7. The van der Waals surface area contributed by atoms with Gasteiger partial charge in [-0.25, -0.2) is 4.98 Å². The average Bonchev–Trinajstić information content (AvgIpc) is 2.32. The van der Waals surface area contributed by atoms with E-state index in [-0.39, 0.29) is 22.9 Å². The van der Waals surface area contributed by atoms with E-state index in [0.717, 1.165) is 0 Å². The number of benzene rings is 1. The van der Waals surface area contributed by atoms with Crippen molar-refractivity contribution in [3.05, 3.63) is 47.2 Å². The Morgan fingerprint density at radius 2 is 2.11 bits per heavy atom. The third-order valence-electron chi connectivity index (χ3n) is 2.27. The number of nitrogen functional groups attached to an aromatic ring is 1. The maximum Gasteiger partial charge on any atom is 0.257 e. The van der Waals surface area contributed by atoms with E-state index in [2.05, 4.69) is 10.3 Å². The van der Waals surface area contributed by atoms with Crippen molar-refractivity contribution in [1.82, 2.24) is 4.98 Å². The highest BCUT2D eigenvalue weighted by molar-refractivity contribution is 6.29. The quantitative estimate of drug-likeness (QED) is 0.573. The fourth-order valence-electron chi connectivity index (χ4n) is 1.41. The number of amides is 1. The number of anilines is 2. The summed E-state index contributed by atoms with van der Waals surface area (Å²) in [5, 5.41) is 12.2. The Morgan fingerprint density at radius 3 is 2.72 bits per heavy atom. The van der Waals surface area contributed by atoms with Crippen LogP contribution in [-0.4, -0.2) is 16.0 Å². The minimum atomic E-state index is -0.378. The fraction of sp³-hybridized carbons (Fsp3) is 0. The number of hydrogen-bond donors (Lipinski definition) is 3. The van der Waals surface area contributed by atoms with Crippen LogP contribution >= 0.6 is 11.6 Å². The molecular formula is C12H10ClN3O2. The third-order valence-corrected chi connectivity index (χ3v) is 2.49. The van der Waals surface area contributed by atoms with Gasteiger partial charge in [0.15, 0.2) is 0 Å². The maximum atomic E-state index is 11.9. The molecule has 0 radical (unpaired) electrons. The lowest BCUT2D eigenvalue weighted by Gasteiger charge is -2.07. The van der Waals surface area contributed by atoms with Crippen LogP contribution in [0.15, 0.2) is 36.5 Å². The van der Waals surface area contributed by atoms with Gasteiger partial charge in [0.05, 0.1) is 17.4 Å². The predicted molar refractivity (Wildman–Crippen MR) is 69.7 cm³/mol. The second-order valence-electron chi connectivity index (χ2n) is 3.60. The van der Waals surface area contributed by atoms with Gasteiger partial charge < -0.3 is 16.2 Å². The smallest absolute Gasteiger partial charge is 0.257 e. The standard InChI is InChI=1S/C12H10ClN3O2/c13-11-4-1-7(6-15-11)16-12(18)9-3-2-8(17)5-10(9)14/h1-6,17H,14H2,(H,16,18). The molecule has 0 unspecified atom stereocenters. The summed E-state index contributed by atoms with van der Waals surface area (Å²) >= 11 is 5.64. The predicted octanol–water partition coefficient (Wildman–Crippen LogP) is 2.28. The van der Waals surface area contributed by atoms with Gasteiger partial charge in [0.1, 0.15) is 10.9 Å². The molecule has 18 heavy (non-hydrogen) atoms. The number of hydrogen-bond acceptors (Lipinski definition) is 4. The van der Waals surface area contributed by atoms with Crippen molar-refractivity contribution in [3.8, 4) is 5.75 Å². The normalized spacial score (nSPS) is 10.1. The zero-order chi connectivity index (χ0) is 13.1. The van der Waals surface area contributed by atoms with E-state index in [1.54, 1.807) is 12.1 Å². The molecule has 1 heterocycles. The molecule has 1 aromatic carbocycles. The van der Waals surface area contributed by atoms with Crippen molar-refractivity contribution in [1.29, 1.82) is 0 Å². The van der Waals surface area contributed by atoms with Crippen molar-refractivity contribution < 1.29 is 9.90 Å². The van der Waals surface area contributed by atoms with E-state index in [4.69, 9.17) is 17.3 Å². The summed E-state index contributed by atoms with van der Waals surface area (Å²) < 4.78 is 0. The summed E-state index contributed by atoms with van der Waals surface area (Å²) in [6, 6.07) is 7.35. The molecule has 4 N–H and O–H groups in total. The van der Waals surface area contributed by atoms with Crippen molar-refractivity contribution in [2.24, 2.45) is 0 Å². The average molecular weight is 264 g/mol. The molecule has 0 fully saturated rings. The van der Waals surface area contributed by atoms with E-state index in [0.29, 0.717) is 10.8 Å². The van der Waals surface area contributed by atoms with E-state index in [9.17, 15) is 9.90 Å². The van der Waals surface area contributed by atoms with E-state index in [1.807, 2.05) is 0 Å². The van der Waals surface area contributed by atoms with Gasteiger partial charge in [-0.1, -0.05) is 11.6 Å². The van der Waals surface area contributed by atoms with Gasteiger partial charge in [0.25, 0.3) is 5.91 Å². The number of nitrogens with two attached hydrogens (primary N) is 1. The van der Waals surface area contributed by atoms with Gasteiger partial charge in [0.2, 0.25) is 0 Å². The van der Waals surface area contributed by atoms with Gasteiger partial charge in [-0.3, -0.25) is 4.79 Å². The molecule has 5 nitrogen and oxygen atoms in total. The zero-order valence-corrected chi connectivity index (χ0v) is 9.98. The van der Waals surface area contributed by atoms with Crippen LogP contribution in [0.25, 0.3) is 0 Å². The number of phenols is 1. The van der Waals surface area contributed by atoms with Crippen LogP contribution < -0.4 is 11.1 Å². The minimum absolute atomic E-state index is 0.0113. The van der Waals surface area contributed by atoms with Crippen LogP contribution in [0, 0.1) is 0 Å². The molecule has 0 aliphatic rings. The topological polar surface area (TPSA) is 88.2 Å². The van der Waals surface area contributed by atoms with E-state index >= 15 is 0 Å². The van der Waals surface area contributed by atoms with Crippen molar-refractivity contribution in [2.75, 3.05) is 11.1 Å². The molecule has 6 heteroatoms. The van der Waals surface area contributed by atoms with Crippen molar-refractivity contribution in [2.45, 2.75) is 0 Å². The SMILES string of the molecule is Nc1cc(O)ccc1C(=O)Nc1ccc(Cl)nc1. The number of phenolic OH excluding ortho intramolecular Hbond substituents is 1. The number of rotatable bonds is 2. The number of halogens is 1. The molecule has 92 valence electrons. The molecule has 0 aliphatic heterocycles. The highest BCUT2D eigenvalue weighted by Crippen LogP contribution is 2.20. The molecular weight excluding hydrogens is 254 g/mol. The number of nitrogens with one attached hydrogen (secondary N) is 1. The Labute approximate surface area is 108 Å². The van der Waals surface area contributed by atoms with Crippen LogP contribution in [0.1, 0.15) is 10.4 Å². The molecule has 0 saturated heterocycles. The molecule has 0 atom stereocenters. The first-order valence-electron chi connectivity index (χ1n) is 5.07. The van der Waals surface area contributed by atoms with Crippen LogP contribution in [0.5, 0.6) is 5.75 Å². The lowest BCUT2D eigenvalue weighted by molar-refractivity contribution is 0.102. The Morgan fingerprint density at radius 1 is 1.33 bits per heavy atom. The van der Waals surface area contributed by atoms with E-state index in [1.165, 1.54) is 24.4 Å². The van der Waals surface area contributed by atoms with Crippen molar-refractivity contribution in [3.63, 3.8) is 0 Å². The largest absolute Gasteiger partial charge is 0.508 e. The zero-order valence-electron chi connectivity index (χ0n) is 9.22. The molecule has 1 amide bonds. The molecule has 2 rings (SSSR count). The second kappa shape index (κ2) is 4.93. The number of aromatic hydroxyl groups is 1. The Hall–Kier alpha value is -2.27. The van der Waals surface area contributed by atoms with Gasteiger partial charge in [-0.2, -0.15) is 0 Å². The summed E-state index contributed by atoms with van der Waals surface area (Å²) in [6.07, 6.45) is 1.44. The Bertz CT molecular complexity index is 584. The minimum Gasteiger partial charge on any atom is -0.508 e. The molecule has 2 aromatic rings. The molecule has 1 aromatic heterocycles. The lowest BCUT2D eigenvalue weighted by atomic mass is 10.1. The molecule has 0 saturated carbocycles. The lowest BCUT2D eigenvalue weighted by Crippen LogP contribution is -2.14. The Kier molecular flexibility index (Phi) is 3.34. The summed E-state index contributed by atoms with van der Waals surface area (Å²) in [5.74, 6) is -0.367. The van der Waals surface area contributed by atoms with Crippen LogP contribution in [0.4, 0.5) is 11.4 Å². The van der Waals surface area contributed by atoms with Crippen molar-refractivity contribution >= 4 is 28.9 Å². The highest BCUT2D eigenvalue weighted by Gasteiger charge is 2.10. The first-order chi connectivity index (χ1) is 8.56. The number of carbonyl (C=O) groups is 1. The second-order valence-corrected chi connectivity index (χ2v) is 3.98. The monoisotopic (exact) mass is 263 g/mol. The molecule has 0 aliphatic carbocycles. The number of nitrogens with zero attached hydrogens (tertiary/aromatic N) is 1. The summed E-state index contributed by atoms with van der Waals surface area (Å²) in [5.41, 5.74) is 6.64.